The second kappa shape index (κ2) is 10.2. The summed E-state index contributed by atoms with van der Waals surface area (Å²) < 4.78 is 10.9. The van der Waals surface area contributed by atoms with Gasteiger partial charge >= 0.3 is 11.9 Å². The van der Waals surface area contributed by atoms with E-state index in [1.54, 1.807) is 12.1 Å². The van der Waals surface area contributed by atoms with Crippen molar-refractivity contribution in [2.45, 2.75) is 57.6 Å². The first-order chi connectivity index (χ1) is 18.1. The first-order valence-corrected chi connectivity index (χ1v) is 14.0. The molecule has 3 aliphatic heterocycles. The van der Waals surface area contributed by atoms with Crippen molar-refractivity contribution >= 4 is 34.2 Å². The molecule has 38 heavy (non-hydrogen) atoms. The van der Waals surface area contributed by atoms with E-state index in [4.69, 9.17) is 20.3 Å². The van der Waals surface area contributed by atoms with E-state index in [9.17, 15) is 14.4 Å². The fourth-order valence-corrected chi connectivity index (χ4v) is 7.18. The predicted molar refractivity (Wildman–Crippen MR) is 144 cm³/mol. The summed E-state index contributed by atoms with van der Waals surface area (Å²) in [5.74, 6) is -0.671. The molecular formula is C28H35N3O6S. The van der Waals surface area contributed by atoms with Gasteiger partial charge in [-0.15, -0.1) is 11.3 Å². The summed E-state index contributed by atoms with van der Waals surface area (Å²) >= 11 is 1.36. The summed E-state index contributed by atoms with van der Waals surface area (Å²) in [4.78, 5) is 42.0. The molecule has 1 unspecified atom stereocenters. The Kier molecular flexibility index (Phi) is 7.13. The number of likely N-dealkylation sites (tertiary alicyclic amines) is 2. The molecule has 2 aromatic rings. The van der Waals surface area contributed by atoms with Crippen LogP contribution in [0, 0.1) is 5.41 Å². The number of hydrogen-bond donors (Lipinski definition) is 2. The summed E-state index contributed by atoms with van der Waals surface area (Å²) in [6.45, 7) is 6.63. The number of hydrogen-bond acceptors (Lipinski definition) is 8. The van der Waals surface area contributed by atoms with Crippen LogP contribution in [0.4, 0.5) is 5.00 Å². The highest BCUT2D eigenvalue weighted by atomic mass is 32.1. The zero-order valence-corrected chi connectivity index (χ0v) is 22.7. The van der Waals surface area contributed by atoms with Crippen molar-refractivity contribution in [3.05, 3.63) is 35.9 Å². The number of nitrogens with zero attached hydrogens (tertiary/aromatic N) is 2. The Hall–Kier alpha value is -3.11. The number of thiophene rings is 1. The van der Waals surface area contributed by atoms with Gasteiger partial charge in [-0.05, 0) is 82.0 Å². The van der Waals surface area contributed by atoms with Crippen LogP contribution >= 0.6 is 11.3 Å². The molecular weight excluding hydrogens is 506 g/mol. The lowest BCUT2D eigenvalue weighted by Gasteiger charge is -2.44. The van der Waals surface area contributed by atoms with Crippen LogP contribution in [0.1, 0.15) is 56.3 Å². The molecule has 1 spiro atoms. The number of benzene rings is 1. The van der Waals surface area contributed by atoms with Crippen LogP contribution in [-0.4, -0.2) is 77.2 Å². The Bertz CT molecular complexity index is 1220. The van der Waals surface area contributed by atoms with Gasteiger partial charge in [0.1, 0.15) is 11.4 Å². The van der Waals surface area contributed by atoms with Gasteiger partial charge in [-0.1, -0.05) is 0 Å². The number of carbonyl (C=O) groups excluding carboxylic acids is 2. The standard InChI is InChI=1S/C28H35N3O6S/c1-27(2)16-28(26(35)37-27)10-3-11-31(17-28)19-8-12-30(13-9-19)25(34)21-14-22(38-24(21)29)18-4-6-20(7-5-18)36-15-23(32)33/h4-7,14,19H,3,8-13,15-17,29H2,1-2H3,(H,32,33). The van der Waals surface area contributed by atoms with Crippen LogP contribution in [0.3, 0.4) is 0 Å². The lowest BCUT2D eigenvalue weighted by molar-refractivity contribution is -0.154. The van der Waals surface area contributed by atoms with E-state index in [0.29, 0.717) is 35.4 Å². The number of anilines is 1. The van der Waals surface area contributed by atoms with Crippen LogP contribution in [0.25, 0.3) is 10.4 Å². The molecule has 1 atom stereocenters. The summed E-state index contributed by atoms with van der Waals surface area (Å²) in [6, 6.07) is 9.26. The highest BCUT2D eigenvalue weighted by molar-refractivity contribution is 7.19. The third-order valence-corrected chi connectivity index (χ3v) is 8.95. The number of esters is 1. The number of ether oxygens (including phenoxy) is 2. The average Bonchev–Trinajstić information content (AvgIpc) is 3.38. The number of rotatable bonds is 6. The molecule has 1 aromatic carbocycles. The Morgan fingerprint density at radius 2 is 1.89 bits per heavy atom. The quantitative estimate of drug-likeness (QED) is 0.529. The molecule has 3 aliphatic rings. The first-order valence-electron chi connectivity index (χ1n) is 13.2. The maximum absolute atomic E-state index is 13.4. The Labute approximate surface area is 226 Å². The third-order valence-electron chi connectivity index (χ3n) is 7.93. The van der Waals surface area contributed by atoms with E-state index >= 15 is 0 Å². The monoisotopic (exact) mass is 541 g/mol. The van der Waals surface area contributed by atoms with Gasteiger partial charge in [-0.2, -0.15) is 0 Å². The number of carboxylic acids is 1. The van der Waals surface area contributed by atoms with Gasteiger partial charge in [0, 0.05) is 37.0 Å². The summed E-state index contributed by atoms with van der Waals surface area (Å²) in [6.07, 6.45) is 4.39. The van der Waals surface area contributed by atoms with Gasteiger partial charge in [-0.25, -0.2) is 4.79 Å². The summed E-state index contributed by atoms with van der Waals surface area (Å²) in [7, 11) is 0. The molecule has 10 heteroatoms. The van der Waals surface area contributed by atoms with E-state index in [1.165, 1.54) is 11.3 Å². The summed E-state index contributed by atoms with van der Waals surface area (Å²) in [5.41, 5.74) is 6.88. The number of nitrogen functional groups attached to an aromatic ring is 1. The number of carbonyl (C=O) groups is 3. The Balaban J connectivity index is 1.19. The molecule has 3 fully saturated rings. The Morgan fingerprint density at radius 3 is 2.53 bits per heavy atom. The third kappa shape index (κ3) is 5.37. The molecule has 0 saturated carbocycles. The number of piperidine rings is 2. The topological polar surface area (TPSA) is 122 Å². The van der Waals surface area contributed by atoms with Gasteiger partial charge < -0.3 is 25.2 Å². The van der Waals surface area contributed by atoms with Crippen molar-refractivity contribution in [1.82, 2.24) is 9.80 Å². The fraction of sp³-hybridized carbons (Fsp3) is 0.536. The van der Waals surface area contributed by atoms with Crippen LogP contribution in [0.15, 0.2) is 30.3 Å². The molecule has 3 saturated heterocycles. The predicted octanol–water partition coefficient (Wildman–Crippen LogP) is 3.87. The minimum atomic E-state index is -1.03. The van der Waals surface area contributed by atoms with E-state index in [-0.39, 0.29) is 11.9 Å². The fourth-order valence-electron chi connectivity index (χ4n) is 6.25. The molecule has 0 aliphatic carbocycles. The molecule has 4 heterocycles. The van der Waals surface area contributed by atoms with Crippen LogP contribution in [0.2, 0.25) is 0 Å². The SMILES string of the molecule is CC1(C)CC2(CCCN(C3CCN(C(=O)c4cc(-c5ccc(OCC(=O)O)cc5)sc4N)CC3)C2)C(=O)O1. The lowest BCUT2D eigenvalue weighted by atomic mass is 9.74. The zero-order chi connectivity index (χ0) is 27.1. The highest BCUT2D eigenvalue weighted by Crippen LogP contribution is 2.47. The van der Waals surface area contributed by atoms with Gasteiger partial charge in [0.25, 0.3) is 5.91 Å². The van der Waals surface area contributed by atoms with E-state index in [0.717, 1.165) is 55.6 Å². The second-order valence-electron chi connectivity index (χ2n) is 11.3. The average molecular weight is 542 g/mol. The van der Waals surface area contributed by atoms with Gasteiger partial charge in [0.05, 0.1) is 16.0 Å². The van der Waals surface area contributed by atoms with Crippen molar-refractivity contribution < 1.29 is 29.0 Å². The largest absolute Gasteiger partial charge is 0.482 e. The lowest BCUT2D eigenvalue weighted by Crippen LogP contribution is -2.53. The molecule has 204 valence electrons. The number of nitrogens with two attached hydrogens (primary N) is 1. The molecule has 5 rings (SSSR count). The van der Waals surface area contributed by atoms with Gasteiger partial charge in [-0.3, -0.25) is 14.5 Å². The van der Waals surface area contributed by atoms with E-state index in [1.807, 2.05) is 36.9 Å². The highest BCUT2D eigenvalue weighted by Gasteiger charge is 2.54. The molecule has 0 radical (unpaired) electrons. The van der Waals surface area contributed by atoms with Crippen LogP contribution in [0.5, 0.6) is 5.75 Å². The molecule has 0 bridgehead atoms. The first kappa shape index (κ1) is 26.5. The zero-order valence-electron chi connectivity index (χ0n) is 21.9. The second-order valence-corrected chi connectivity index (χ2v) is 12.4. The summed E-state index contributed by atoms with van der Waals surface area (Å²) in [5, 5.41) is 9.24. The molecule has 3 N–H and O–H groups in total. The van der Waals surface area contributed by atoms with Crippen molar-refractivity contribution in [3.63, 3.8) is 0 Å². The van der Waals surface area contributed by atoms with Crippen molar-refractivity contribution in [3.8, 4) is 16.2 Å². The Morgan fingerprint density at radius 1 is 1.18 bits per heavy atom. The minimum absolute atomic E-state index is 0.0500. The normalized spacial score (nSPS) is 23.9. The molecule has 9 nitrogen and oxygen atoms in total. The van der Waals surface area contributed by atoms with E-state index in [2.05, 4.69) is 4.90 Å². The van der Waals surface area contributed by atoms with Crippen LogP contribution < -0.4 is 10.5 Å². The van der Waals surface area contributed by atoms with Gasteiger partial charge in [0.2, 0.25) is 0 Å². The maximum Gasteiger partial charge on any atom is 0.341 e. The van der Waals surface area contributed by atoms with Crippen LogP contribution in [-0.2, 0) is 14.3 Å². The maximum atomic E-state index is 13.4. The number of aliphatic carboxylic acids is 1. The molecule has 1 amide bonds. The van der Waals surface area contributed by atoms with Gasteiger partial charge in [0.15, 0.2) is 6.61 Å². The molecule has 1 aromatic heterocycles. The number of carboxylic acid groups (broad SMARTS) is 1. The smallest absolute Gasteiger partial charge is 0.341 e. The number of amides is 1. The number of cyclic esters (lactones) is 1. The van der Waals surface area contributed by atoms with Crippen molar-refractivity contribution in [2.75, 3.05) is 38.5 Å². The minimum Gasteiger partial charge on any atom is -0.482 e. The van der Waals surface area contributed by atoms with E-state index < -0.39 is 23.6 Å². The van der Waals surface area contributed by atoms with Crippen molar-refractivity contribution in [2.24, 2.45) is 5.41 Å². The van der Waals surface area contributed by atoms with Crippen molar-refractivity contribution in [1.29, 1.82) is 0 Å².